The fourth-order valence-corrected chi connectivity index (χ4v) is 1.98. The molecular formula is C17H19N3O4. The van der Waals surface area contributed by atoms with Crippen molar-refractivity contribution < 1.29 is 24.8 Å². The third-order valence-electron chi connectivity index (χ3n) is 3.16. The van der Waals surface area contributed by atoms with Crippen LogP contribution in [0.5, 0.6) is 0 Å². The number of carbonyl (C=O) groups is 2. The van der Waals surface area contributed by atoms with E-state index in [1.807, 2.05) is 30.3 Å². The van der Waals surface area contributed by atoms with E-state index in [1.54, 1.807) is 0 Å². The Hall–Kier alpha value is -3.35. The van der Waals surface area contributed by atoms with Gasteiger partial charge in [0.25, 0.3) is 0 Å². The second-order valence-electron chi connectivity index (χ2n) is 4.91. The quantitative estimate of drug-likeness (QED) is 0.683. The minimum atomic E-state index is -1.51. The Bertz CT molecular complexity index is 714. The second kappa shape index (κ2) is 8.94. The lowest BCUT2D eigenvalue weighted by Gasteiger charge is -2.12. The molecule has 2 rings (SSSR count). The summed E-state index contributed by atoms with van der Waals surface area (Å²) in [5.41, 5.74) is 13.9. The van der Waals surface area contributed by atoms with Gasteiger partial charge in [-0.25, -0.2) is 9.78 Å². The molecule has 0 amide bonds. The van der Waals surface area contributed by atoms with Gasteiger partial charge in [-0.3, -0.25) is 0 Å². The maximum atomic E-state index is 9.53. The maximum absolute atomic E-state index is 9.53. The Morgan fingerprint density at radius 1 is 1.12 bits per heavy atom. The fourth-order valence-electron chi connectivity index (χ4n) is 1.98. The van der Waals surface area contributed by atoms with E-state index in [-0.39, 0.29) is 5.92 Å². The standard InChI is InChI=1S/C13H15N3.C4H4O4/c1-9(10-5-3-2-4-6-10)11-7-8-12(14)16-13(11)15;5-3(6)1-2-4(7)8/h2-9H,1H3,(H4,14,15,16);1-2H,(H,5,6)(H,7,8)/b;2-1+. The SMILES string of the molecule is CC(c1ccccc1)c1ccc(N)[nH+]c1N.O=C([O-])/C=C/C(=O)O. The molecule has 0 bridgehead atoms. The number of aromatic nitrogens is 1. The average Bonchev–Trinajstić information content (AvgIpc) is 2.54. The molecule has 1 aromatic carbocycles. The smallest absolute Gasteiger partial charge is 0.328 e. The zero-order valence-corrected chi connectivity index (χ0v) is 13.1. The molecule has 0 aliphatic rings. The predicted molar refractivity (Wildman–Crippen MR) is 87.6 cm³/mol. The Labute approximate surface area is 139 Å². The van der Waals surface area contributed by atoms with Crippen LogP contribution in [-0.2, 0) is 9.59 Å². The fraction of sp³-hybridized carbons (Fsp3) is 0.118. The Morgan fingerprint density at radius 3 is 2.21 bits per heavy atom. The van der Waals surface area contributed by atoms with Gasteiger partial charge in [0.2, 0.25) is 11.6 Å². The topological polar surface area (TPSA) is 144 Å². The van der Waals surface area contributed by atoms with Crippen LogP contribution in [0.25, 0.3) is 0 Å². The highest BCUT2D eigenvalue weighted by Gasteiger charge is 2.14. The normalized spacial score (nSPS) is 11.4. The van der Waals surface area contributed by atoms with Crippen molar-refractivity contribution >= 4 is 23.6 Å². The second-order valence-corrected chi connectivity index (χ2v) is 4.91. The van der Waals surface area contributed by atoms with E-state index in [4.69, 9.17) is 16.6 Å². The zero-order chi connectivity index (χ0) is 18.1. The van der Waals surface area contributed by atoms with Crippen LogP contribution in [0.15, 0.2) is 54.6 Å². The first-order valence-corrected chi connectivity index (χ1v) is 7.05. The summed E-state index contributed by atoms with van der Waals surface area (Å²) in [6.07, 6.45) is 0.942. The molecule has 24 heavy (non-hydrogen) atoms. The molecule has 0 radical (unpaired) electrons. The van der Waals surface area contributed by atoms with Crippen molar-refractivity contribution in [1.29, 1.82) is 0 Å². The molecule has 1 unspecified atom stereocenters. The molecule has 6 N–H and O–H groups in total. The summed E-state index contributed by atoms with van der Waals surface area (Å²) in [5, 5.41) is 17.2. The van der Waals surface area contributed by atoms with Crippen LogP contribution < -0.4 is 21.6 Å². The van der Waals surface area contributed by atoms with Crippen LogP contribution in [0.2, 0.25) is 0 Å². The molecule has 0 saturated heterocycles. The lowest BCUT2D eigenvalue weighted by molar-refractivity contribution is -0.343. The van der Waals surface area contributed by atoms with Gasteiger partial charge in [-0.05, 0) is 17.7 Å². The average molecular weight is 329 g/mol. The zero-order valence-electron chi connectivity index (χ0n) is 13.1. The van der Waals surface area contributed by atoms with E-state index in [9.17, 15) is 14.7 Å². The summed E-state index contributed by atoms with van der Waals surface area (Å²) >= 11 is 0. The first-order valence-electron chi connectivity index (χ1n) is 7.05. The highest BCUT2D eigenvalue weighted by molar-refractivity contribution is 5.88. The van der Waals surface area contributed by atoms with Crippen LogP contribution in [0.4, 0.5) is 11.6 Å². The maximum Gasteiger partial charge on any atom is 0.328 e. The molecule has 0 aliphatic carbocycles. The molecule has 7 heteroatoms. The van der Waals surface area contributed by atoms with Gasteiger partial charge in [-0.2, -0.15) is 0 Å². The summed E-state index contributed by atoms with van der Waals surface area (Å²) in [4.78, 5) is 21.9. The number of hydrogen-bond donors (Lipinski definition) is 3. The number of benzene rings is 1. The predicted octanol–water partition coefficient (Wildman–Crippen LogP) is 0.194. The highest BCUT2D eigenvalue weighted by atomic mass is 16.4. The minimum Gasteiger partial charge on any atom is -0.545 e. The van der Waals surface area contributed by atoms with Crippen molar-refractivity contribution in [3.05, 3.63) is 65.7 Å². The number of carboxylic acid groups (broad SMARTS) is 2. The minimum absolute atomic E-state index is 0.262. The number of nitrogens with two attached hydrogens (primary N) is 2. The number of pyridine rings is 1. The first kappa shape index (κ1) is 18.7. The lowest BCUT2D eigenvalue weighted by Crippen LogP contribution is -2.19. The van der Waals surface area contributed by atoms with Crippen molar-refractivity contribution in [3.8, 4) is 0 Å². The van der Waals surface area contributed by atoms with Crippen molar-refractivity contribution in [2.24, 2.45) is 0 Å². The van der Waals surface area contributed by atoms with Crippen molar-refractivity contribution in [2.75, 3.05) is 11.5 Å². The van der Waals surface area contributed by atoms with Crippen LogP contribution in [-0.4, -0.2) is 17.0 Å². The molecule has 1 aromatic heterocycles. The van der Waals surface area contributed by atoms with Gasteiger partial charge in [0, 0.05) is 23.6 Å². The van der Waals surface area contributed by atoms with E-state index in [2.05, 4.69) is 24.0 Å². The van der Waals surface area contributed by atoms with E-state index < -0.39 is 11.9 Å². The number of carboxylic acids is 2. The van der Waals surface area contributed by atoms with Crippen molar-refractivity contribution in [3.63, 3.8) is 0 Å². The molecule has 1 atom stereocenters. The van der Waals surface area contributed by atoms with Gasteiger partial charge in [0.05, 0.1) is 5.97 Å². The van der Waals surface area contributed by atoms with Crippen LogP contribution >= 0.6 is 0 Å². The van der Waals surface area contributed by atoms with Gasteiger partial charge in [-0.15, -0.1) is 0 Å². The van der Waals surface area contributed by atoms with Crippen LogP contribution in [0.1, 0.15) is 24.0 Å². The Morgan fingerprint density at radius 2 is 1.75 bits per heavy atom. The van der Waals surface area contributed by atoms with Crippen molar-refractivity contribution in [1.82, 2.24) is 0 Å². The number of nitrogen functional groups attached to an aromatic ring is 2. The van der Waals surface area contributed by atoms with E-state index in [0.29, 0.717) is 23.8 Å². The summed E-state index contributed by atoms with van der Waals surface area (Å²) in [6.45, 7) is 2.13. The summed E-state index contributed by atoms with van der Waals surface area (Å²) in [7, 11) is 0. The molecule has 1 heterocycles. The van der Waals surface area contributed by atoms with Gasteiger partial charge in [0.15, 0.2) is 0 Å². The van der Waals surface area contributed by atoms with Gasteiger partial charge in [-0.1, -0.05) is 37.3 Å². The van der Waals surface area contributed by atoms with E-state index in [1.165, 1.54) is 5.56 Å². The summed E-state index contributed by atoms with van der Waals surface area (Å²) in [5.74, 6) is -1.32. The largest absolute Gasteiger partial charge is 0.545 e. The first-order chi connectivity index (χ1) is 11.3. The Kier molecular flexibility index (Phi) is 6.97. The number of hydrogen-bond acceptors (Lipinski definition) is 5. The number of anilines is 2. The highest BCUT2D eigenvalue weighted by Crippen LogP contribution is 2.26. The molecule has 0 fully saturated rings. The molecule has 0 spiro atoms. The van der Waals surface area contributed by atoms with Crippen molar-refractivity contribution in [2.45, 2.75) is 12.8 Å². The Balaban J connectivity index is 0.000000307. The summed E-state index contributed by atoms with van der Waals surface area (Å²) in [6, 6.07) is 14.1. The number of carbonyl (C=O) groups excluding carboxylic acids is 1. The summed E-state index contributed by atoms with van der Waals surface area (Å²) < 4.78 is 0. The van der Waals surface area contributed by atoms with Crippen LogP contribution in [0, 0.1) is 0 Å². The molecular weight excluding hydrogens is 310 g/mol. The molecule has 7 nitrogen and oxygen atoms in total. The molecule has 126 valence electrons. The van der Waals surface area contributed by atoms with E-state index in [0.717, 1.165) is 5.56 Å². The number of aromatic amines is 1. The lowest BCUT2D eigenvalue weighted by atomic mass is 9.94. The molecule has 0 aliphatic heterocycles. The third kappa shape index (κ3) is 6.18. The number of rotatable bonds is 4. The molecule has 0 saturated carbocycles. The number of nitrogens with one attached hydrogen (secondary N) is 1. The van der Waals surface area contributed by atoms with Gasteiger partial charge in [0.1, 0.15) is 0 Å². The van der Waals surface area contributed by atoms with Gasteiger partial charge >= 0.3 is 5.97 Å². The third-order valence-corrected chi connectivity index (χ3v) is 3.16. The van der Waals surface area contributed by atoms with E-state index >= 15 is 0 Å². The number of H-pyrrole nitrogens is 1. The number of aliphatic carboxylic acids is 2. The molecule has 2 aromatic rings. The monoisotopic (exact) mass is 329 g/mol. The van der Waals surface area contributed by atoms with Crippen LogP contribution in [0.3, 0.4) is 0 Å². The van der Waals surface area contributed by atoms with Gasteiger partial charge < -0.3 is 26.5 Å².